The minimum atomic E-state index is -0.364. The highest BCUT2D eigenvalue weighted by molar-refractivity contribution is 9.10. The highest BCUT2D eigenvalue weighted by Gasteiger charge is 2.11. The van der Waals surface area contributed by atoms with E-state index < -0.39 is 0 Å². The molecule has 0 saturated carbocycles. The summed E-state index contributed by atoms with van der Waals surface area (Å²) in [4.78, 5) is 0. The Labute approximate surface area is 124 Å². The maximum absolute atomic E-state index is 13.4. The van der Waals surface area contributed by atoms with Crippen molar-refractivity contribution in [1.29, 1.82) is 0 Å². The minimum Gasteiger partial charge on any atom is -0.377 e. The molecule has 3 N–H and O–H groups in total. The molecule has 1 unspecified atom stereocenters. The van der Waals surface area contributed by atoms with Gasteiger partial charge in [-0.2, -0.15) is 0 Å². The molecule has 0 aromatic heterocycles. The third kappa shape index (κ3) is 3.93. The normalized spacial score (nSPS) is 12.2. The van der Waals surface area contributed by atoms with Gasteiger partial charge in [-0.15, -0.1) is 0 Å². The van der Waals surface area contributed by atoms with Crippen molar-refractivity contribution in [3.63, 3.8) is 0 Å². The Hall–Kier alpha value is -1.10. The Bertz CT molecular complexity index is 557. The van der Waals surface area contributed by atoms with Crippen molar-refractivity contribution in [3.05, 3.63) is 63.3 Å². The molecule has 0 amide bonds. The summed E-state index contributed by atoms with van der Waals surface area (Å²) in [6, 6.07) is 11.9. The Balaban J connectivity index is 2.24. The predicted octanol–water partition coefficient (Wildman–Crippen LogP) is 4.35. The summed E-state index contributed by atoms with van der Waals surface area (Å²) in [6.45, 7) is 0.340. The summed E-state index contributed by atoms with van der Waals surface area (Å²) in [7, 11) is 0. The van der Waals surface area contributed by atoms with Gasteiger partial charge in [-0.05, 0) is 42.0 Å². The lowest BCUT2D eigenvalue weighted by atomic mass is 10.1. The molecule has 0 bridgehead atoms. The summed E-state index contributed by atoms with van der Waals surface area (Å²) in [5.74, 6) is -0.364. The zero-order valence-electron chi connectivity index (χ0n) is 10.0. The Kier molecular flexibility index (Phi) is 4.80. The van der Waals surface area contributed by atoms with E-state index in [4.69, 9.17) is 17.3 Å². The van der Waals surface area contributed by atoms with Crippen LogP contribution in [-0.2, 0) is 0 Å². The van der Waals surface area contributed by atoms with E-state index in [1.807, 2.05) is 24.3 Å². The van der Waals surface area contributed by atoms with Crippen LogP contribution in [0.2, 0.25) is 5.02 Å². The standard InChI is InChI=1S/C14H13BrClFN2/c15-10-2-1-3-13(6-10)19-14(8-18)9-4-11(16)7-12(17)5-9/h1-7,14,19H,8,18H2. The Morgan fingerprint density at radius 2 is 2.05 bits per heavy atom. The van der Waals surface area contributed by atoms with Crippen molar-refractivity contribution in [2.45, 2.75) is 6.04 Å². The second-order valence-electron chi connectivity index (χ2n) is 4.15. The van der Waals surface area contributed by atoms with Gasteiger partial charge < -0.3 is 11.1 Å². The number of hydrogen-bond donors (Lipinski definition) is 2. The fourth-order valence-electron chi connectivity index (χ4n) is 1.83. The van der Waals surface area contributed by atoms with Crippen LogP contribution in [0.1, 0.15) is 11.6 Å². The maximum Gasteiger partial charge on any atom is 0.125 e. The van der Waals surface area contributed by atoms with Gasteiger partial charge in [0, 0.05) is 21.7 Å². The van der Waals surface area contributed by atoms with E-state index in [0.29, 0.717) is 11.6 Å². The molecule has 2 aromatic rings. The molecule has 2 rings (SSSR count). The smallest absolute Gasteiger partial charge is 0.125 e. The molecular formula is C14H13BrClFN2. The predicted molar refractivity (Wildman–Crippen MR) is 81.0 cm³/mol. The van der Waals surface area contributed by atoms with Gasteiger partial charge in [0.25, 0.3) is 0 Å². The number of halogens is 3. The third-order valence-electron chi connectivity index (χ3n) is 2.69. The SMILES string of the molecule is NCC(Nc1cccc(Br)c1)c1cc(F)cc(Cl)c1. The molecule has 0 aliphatic rings. The fourth-order valence-corrected chi connectivity index (χ4v) is 2.46. The van der Waals surface area contributed by atoms with Gasteiger partial charge in [-0.3, -0.25) is 0 Å². The molecule has 2 nitrogen and oxygen atoms in total. The van der Waals surface area contributed by atoms with E-state index in [1.54, 1.807) is 6.07 Å². The van der Waals surface area contributed by atoms with Crippen molar-refractivity contribution in [1.82, 2.24) is 0 Å². The van der Waals surface area contributed by atoms with Gasteiger partial charge in [-0.25, -0.2) is 4.39 Å². The second kappa shape index (κ2) is 6.37. The van der Waals surface area contributed by atoms with E-state index >= 15 is 0 Å². The molecule has 0 aliphatic carbocycles. The summed E-state index contributed by atoms with van der Waals surface area (Å²) in [6.07, 6.45) is 0. The second-order valence-corrected chi connectivity index (χ2v) is 5.50. The van der Waals surface area contributed by atoms with Crippen LogP contribution in [0.5, 0.6) is 0 Å². The summed E-state index contributed by atoms with van der Waals surface area (Å²) >= 11 is 9.26. The molecule has 2 aromatic carbocycles. The molecule has 0 spiro atoms. The Morgan fingerprint density at radius 1 is 1.26 bits per heavy atom. The van der Waals surface area contributed by atoms with Crippen LogP contribution in [0.4, 0.5) is 10.1 Å². The van der Waals surface area contributed by atoms with Crippen LogP contribution in [0, 0.1) is 5.82 Å². The number of rotatable bonds is 4. The molecule has 0 saturated heterocycles. The van der Waals surface area contributed by atoms with Crippen LogP contribution in [0.25, 0.3) is 0 Å². The molecule has 1 atom stereocenters. The first kappa shape index (κ1) is 14.3. The first-order chi connectivity index (χ1) is 9.08. The van der Waals surface area contributed by atoms with E-state index in [9.17, 15) is 4.39 Å². The van der Waals surface area contributed by atoms with Crippen LogP contribution < -0.4 is 11.1 Å². The summed E-state index contributed by atoms with van der Waals surface area (Å²) < 4.78 is 14.3. The lowest BCUT2D eigenvalue weighted by molar-refractivity contribution is 0.622. The zero-order chi connectivity index (χ0) is 13.8. The van der Waals surface area contributed by atoms with E-state index in [1.165, 1.54) is 12.1 Å². The van der Waals surface area contributed by atoms with Crippen LogP contribution in [-0.4, -0.2) is 6.54 Å². The first-order valence-corrected chi connectivity index (χ1v) is 6.94. The van der Waals surface area contributed by atoms with E-state index in [0.717, 1.165) is 15.7 Å². The molecule has 0 heterocycles. The average Bonchev–Trinajstić information content (AvgIpc) is 2.34. The van der Waals surface area contributed by atoms with Gasteiger partial charge in [0.2, 0.25) is 0 Å². The van der Waals surface area contributed by atoms with E-state index in [-0.39, 0.29) is 11.9 Å². The van der Waals surface area contributed by atoms with Crippen LogP contribution in [0.15, 0.2) is 46.9 Å². The Morgan fingerprint density at radius 3 is 2.68 bits per heavy atom. The molecular weight excluding hydrogens is 331 g/mol. The van der Waals surface area contributed by atoms with Crippen LogP contribution >= 0.6 is 27.5 Å². The first-order valence-electron chi connectivity index (χ1n) is 5.76. The lowest BCUT2D eigenvalue weighted by Crippen LogP contribution is -2.20. The number of nitrogens with two attached hydrogens (primary N) is 1. The molecule has 5 heteroatoms. The fraction of sp³-hybridized carbons (Fsp3) is 0.143. The quantitative estimate of drug-likeness (QED) is 0.866. The third-order valence-corrected chi connectivity index (χ3v) is 3.40. The van der Waals surface area contributed by atoms with Gasteiger partial charge >= 0.3 is 0 Å². The monoisotopic (exact) mass is 342 g/mol. The number of nitrogens with one attached hydrogen (secondary N) is 1. The van der Waals surface area contributed by atoms with Gasteiger partial charge in [-0.1, -0.05) is 33.6 Å². The highest BCUT2D eigenvalue weighted by atomic mass is 79.9. The zero-order valence-corrected chi connectivity index (χ0v) is 12.4. The van der Waals surface area contributed by atoms with Crippen LogP contribution in [0.3, 0.4) is 0 Å². The topological polar surface area (TPSA) is 38.0 Å². The van der Waals surface area contributed by atoms with Gasteiger partial charge in [0.05, 0.1) is 6.04 Å². The summed E-state index contributed by atoms with van der Waals surface area (Å²) in [5.41, 5.74) is 7.39. The molecule has 0 radical (unpaired) electrons. The molecule has 0 aliphatic heterocycles. The number of hydrogen-bond acceptors (Lipinski definition) is 2. The van der Waals surface area contributed by atoms with Gasteiger partial charge in [0.1, 0.15) is 5.82 Å². The largest absolute Gasteiger partial charge is 0.377 e. The van der Waals surface area contributed by atoms with Crippen molar-refractivity contribution in [2.75, 3.05) is 11.9 Å². The minimum absolute atomic E-state index is 0.192. The maximum atomic E-state index is 13.4. The van der Waals surface area contributed by atoms with Gasteiger partial charge in [0.15, 0.2) is 0 Å². The number of anilines is 1. The highest BCUT2D eigenvalue weighted by Crippen LogP contribution is 2.24. The van der Waals surface area contributed by atoms with Crippen molar-refractivity contribution >= 4 is 33.2 Å². The lowest BCUT2D eigenvalue weighted by Gasteiger charge is -2.19. The molecule has 19 heavy (non-hydrogen) atoms. The molecule has 0 fully saturated rings. The van der Waals surface area contributed by atoms with Crippen molar-refractivity contribution < 1.29 is 4.39 Å². The van der Waals surface area contributed by atoms with Crippen molar-refractivity contribution in [2.24, 2.45) is 5.73 Å². The van der Waals surface area contributed by atoms with Crippen molar-refractivity contribution in [3.8, 4) is 0 Å². The number of benzene rings is 2. The average molecular weight is 344 g/mol. The van der Waals surface area contributed by atoms with E-state index in [2.05, 4.69) is 21.2 Å². The summed E-state index contributed by atoms with van der Waals surface area (Å²) in [5, 5.41) is 3.63. The molecule has 100 valence electrons.